The molecule has 1 aliphatic rings. The highest BCUT2D eigenvalue weighted by atomic mass is 16.5. The molecule has 1 aromatic carbocycles. The van der Waals surface area contributed by atoms with Gasteiger partial charge in [-0.2, -0.15) is 4.98 Å². The van der Waals surface area contributed by atoms with Crippen molar-refractivity contribution in [2.75, 3.05) is 24.8 Å². The third-order valence-corrected chi connectivity index (χ3v) is 4.85. The Morgan fingerprint density at radius 3 is 2.71 bits per heavy atom. The number of nitrogens with zero attached hydrogens (tertiary/aromatic N) is 2. The number of ether oxygens (including phenoxy) is 2. The molecule has 2 N–H and O–H groups in total. The first-order valence-corrected chi connectivity index (χ1v) is 9.40. The number of rotatable bonds is 8. The van der Waals surface area contributed by atoms with Gasteiger partial charge in [0.2, 0.25) is 5.95 Å². The molecule has 28 heavy (non-hydrogen) atoms. The predicted octanol–water partition coefficient (Wildman–Crippen LogP) is 4.09. The zero-order valence-electron chi connectivity index (χ0n) is 16.4. The van der Waals surface area contributed by atoms with Crippen LogP contribution in [0.3, 0.4) is 0 Å². The maximum atomic E-state index is 11.1. The van der Waals surface area contributed by atoms with Gasteiger partial charge in [0.1, 0.15) is 12.1 Å². The van der Waals surface area contributed by atoms with Crippen molar-refractivity contribution < 1.29 is 14.3 Å². The first-order valence-electron chi connectivity index (χ1n) is 9.40. The van der Waals surface area contributed by atoms with Crippen LogP contribution in [0.2, 0.25) is 0 Å². The number of allylic oxidation sites excluding steroid dienone is 1. The van der Waals surface area contributed by atoms with Gasteiger partial charge in [0.25, 0.3) is 0 Å². The molecule has 0 aliphatic heterocycles. The predicted molar refractivity (Wildman–Crippen MR) is 109 cm³/mol. The second-order valence-corrected chi connectivity index (χ2v) is 6.80. The van der Waals surface area contributed by atoms with E-state index in [9.17, 15) is 4.79 Å². The maximum Gasteiger partial charge on any atom is 0.229 e. The minimum absolute atomic E-state index is 0.0922. The topological polar surface area (TPSA) is 85.4 Å². The zero-order chi connectivity index (χ0) is 19.9. The van der Waals surface area contributed by atoms with Crippen molar-refractivity contribution >= 4 is 23.7 Å². The van der Waals surface area contributed by atoms with Crippen LogP contribution >= 0.6 is 0 Å². The molecule has 1 aliphatic carbocycles. The first-order chi connectivity index (χ1) is 13.6. The smallest absolute Gasteiger partial charge is 0.229 e. The van der Waals surface area contributed by atoms with Gasteiger partial charge in [-0.3, -0.25) is 0 Å². The summed E-state index contributed by atoms with van der Waals surface area (Å²) in [5.74, 6) is 2.76. The summed E-state index contributed by atoms with van der Waals surface area (Å²) in [5, 5.41) is 6.21. The molecule has 1 fully saturated rings. The lowest BCUT2D eigenvalue weighted by molar-refractivity contribution is -0.111. The number of carbonyl (C=O) groups is 1. The summed E-state index contributed by atoms with van der Waals surface area (Å²) in [5.41, 5.74) is 1.64. The summed E-state index contributed by atoms with van der Waals surface area (Å²) >= 11 is 0. The minimum Gasteiger partial charge on any atom is -0.493 e. The Hall–Kier alpha value is -3.09. The van der Waals surface area contributed by atoms with E-state index in [2.05, 4.69) is 20.6 Å². The average molecular weight is 382 g/mol. The molecule has 2 aromatic rings. The van der Waals surface area contributed by atoms with Crippen LogP contribution in [0.15, 0.2) is 36.6 Å². The molecule has 0 radical (unpaired) electrons. The first kappa shape index (κ1) is 19.7. The van der Waals surface area contributed by atoms with Crippen LogP contribution in [-0.4, -0.2) is 30.4 Å². The summed E-state index contributed by atoms with van der Waals surface area (Å²) in [7, 11) is 3.41. The highest BCUT2D eigenvalue weighted by molar-refractivity contribution is 5.61. The van der Waals surface area contributed by atoms with Gasteiger partial charge >= 0.3 is 0 Å². The Labute approximate surface area is 165 Å². The lowest BCUT2D eigenvalue weighted by atomic mass is 9.98. The normalized spacial score (nSPS) is 18.8. The largest absolute Gasteiger partial charge is 0.493 e. The molecule has 7 nitrogen and oxygen atoms in total. The highest BCUT2D eigenvalue weighted by Gasteiger charge is 2.24. The Bertz CT molecular complexity index is 854. The number of methoxy groups -OCH3 is 1. The molecule has 0 amide bonds. The van der Waals surface area contributed by atoms with Crippen molar-refractivity contribution in [1.82, 2.24) is 9.97 Å². The Morgan fingerprint density at radius 2 is 1.96 bits per heavy atom. The fraction of sp³-hybridized carbons (Fsp3) is 0.381. The molecule has 0 spiro atoms. The van der Waals surface area contributed by atoms with Crippen LogP contribution in [-0.2, 0) is 4.79 Å². The number of nitrogens with one attached hydrogen (secondary N) is 2. The van der Waals surface area contributed by atoms with Crippen molar-refractivity contribution in [3.8, 4) is 11.5 Å². The molecular weight excluding hydrogens is 356 g/mol. The van der Waals surface area contributed by atoms with Gasteiger partial charge in [-0.15, -0.1) is 0 Å². The van der Waals surface area contributed by atoms with E-state index >= 15 is 0 Å². The summed E-state index contributed by atoms with van der Waals surface area (Å²) in [6.45, 7) is 1.91. The number of carbonyl (C=O) groups excluding carboxylic acids is 1. The molecule has 1 heterocycles. The van der Waals surface area contributed by atoms with E-state index in [1.165, 1.54) is 0 Å². The number of anilines is 3. The zero-order valence-corrected chi connectivity index (χ0v) is 16.4. The quantitative estimate of drug-likeness (QED) is 0.525. The monoisotopic (exact) mass is 382 g/mol. The van der Waals surface area contributed by atoms with Crippen molar-refractivity contribution in [1.29, 1.82) is 0 Å². The Kier molecular flexibility index (Phi) is 6.47. The number of aryl methyl sites for hydroxylation is 1. The van der Waals surface area contributed by atoms with E-state index in [0.717, 1.165) is 42.7 Å². The molecule has 0 saturated heterocycles. The number of hydrogen-bond acceptors (Lipinski definition) is 7. The fourth-order valence-corrected chi connectivity index (χ4v) is 3.37. The number of hydrogen-bond donors (Lipinski definition) is 2. The standard InChI is InChI=1S/C21H26N4O3/c1-14-11-20(22-2)25-21(23-14)24-17-7-8-18(27-3)19(12-17)28-10-9-15-5-4-6-16(15)13-26/h7-13,15-16H,4-6H2,1-3H3,(H2,22,23,24,25)/t15-,16-/m1/s1. The molecule has 0 unspecified atom stereocenters. The van der Waals surface area contributed by atoms with Gasteiger partial charge in [-0.25, -0.2) is 4.98 Å². The molecule has 1 saturated carbocycles. The molecule has 3 rings (SSSR count). The van der Waals surface area contributed by atoms with Crippen LogP contribution < -0.4 is 20.1 Å². The van der Waals surface area contributed by atoms with Crippen molar-refractivity contribution in [2.24, 2.45) is 11.8 Å². The second-order valence-electron chi connectivity index (χ2n) is 6.80. The van der Waals surface area contributed by atoms with E-state index < -0.39 is 0 Å². The SMILES string of the molecule is CNc1cc(C)nc(Nc2ccc(OC)c(OC=C[C@H]3CCC[C@@H]3C=O)c2)n1. The molecular formula is C21H26N4O3. The Balaban J connectivity index is 1.74. The van der Waals surface area contributed by atoms with Crippen LogP contribution in [0.5, 0.6) is 11.5 Å². The average Bonchev–Trinajstić information content (AvgIpc) is 3.15. The molecule has 0 bridgehead atoms. The van der Waals surface area contributed by atoms with E-state index in [-0.39, 0.29) is 11.8 Å². The highest BCUT2D eigenvalue weighted by Crippen LogP contribution is 2.33. The fourth-order valence-electron chi connectivity index (χ4n) is 3.37. The number of aromatic nitrogens is 2. The van der Waals surface area contributed by atoms with Gasteiger partial charge in [-0.05, 0) is 43.9 Å². The van der Waals surface area contributed by atoms with E-state index in [0.29, 0.717) is 17.4 Å². The minimum atomic E-state index is 0.0922. The third-order valence-electron chi connectivity index (χ3n) is 4.85. The van der Waals surface area contributed by atoms with Gasteiger partial charge in [0.15, 0.2) is 11.5 Å². The van der Waals surface area contributed by atoms with Crippen LogP contribution in [0.1, 0.15) is 25.0 Å². The molecule has 148 valence electrons. The molecule has 2 atom stereocenters. The van der Waals surface area contributed by atoms with Crippen molar-refractivity contribution in [3.63, 3.8) is 0 Å². The maximum absolute atomic E-state index is 11.1. The van der Waals surface area contributed by atoms with Crippen molar-refractivity contribution in [2.45, 2.75) is 26.2 Å². The molecule has 1 aromatic heterocycles. The summed E-state index contributed by atoms with van der Waals surface area (Å²) in [6.07, 6.45) is 7.71. The van der Waals surface area contributed by atoms with E-state index in [4.69, 9.17) is 9.47 Å². The second kappa shape index (κ2) is 9.21. The number of benzene rings is 1. The lowest BCUT2D eigenvalue weighted by Gasteiger charge is -2.12. The van der Waals surface area contributed by atoms with Crippen LogP contribution in [0, 0.1) is 18.8 Å². The van der Waals surface area contributed by atoms with Crippen LogP contribution in [0.25, 0.3) is 0 Å². The summed E-state index contributed by atoms with van der Waals surface area (Å²) in [4.78, 5) is 19.9. The van der Waals surface area contributed by atoms with Crippen molar-refractivity contribution in [3.05, 3.63) is 42.3 Å². The van der Waals surface area contributed by atoms with Gasteiger partial charge < -0.3 is 24.9 Å². The van der Waals surface area contributed by atoms with Crippen LogP contribution in [0.4, 0.5) is 17.5 Å². The van der Waals surface area contributed by atoms with Gasteiger partial charge in [-0.1, -0.05) is 6.42 Å². The van der Waals surface area contributed by atoms with Gasteiger partial charge in [0, 0.05) is 36.5 Å². The van der Waals surface area contributed by atoms with Gasteiger partial charge in [0.05, 0.1) is 13.4 Å². The lowest BCUT2D eigenvalue weighted by Crippen LogP contribution is -2.06. The summed E-state index contributed by atoms with van der Waals surface area (Å²) in [6, 6.07) is 7.40. The Morgan fingerprint density at radius 1 is 1.14 bits per heavy atom. The number of aldehydes is 1. The summed E-state index contributed by atoms with van der Waals surface area (Å²) < 4.78 is 11.2. The third kappa shape index (κ3) is 4.79. The molecule has 7 heteroatoms. The van der Waals surface area contributed by atoms with E-state index in [1.807, 2.05) is 44.3 Å². The van der Waals surface area contributed by atoms with E-state index in [1.54, 1.807) is 13.4 Å².